The van der Waals surface area contributed by atoms with Gasteiger partial charge in [-0.1, -0.05) is 30.3 Å². The van der Waals surface area contributed by atoms with Crippen LogP contribution in [-0.4, -0.2) is 26.1 Å². The van der Waals surface area contributed by atoms with Crippen LogP contribution in [0, 0.1) is 20.8 Å². The summed E-state index contributed by atoms with van der Waals surface area (Å²) >= 11 is 1.38. The minimum atomic E-state index is -0.465. The molecule has 5 nitrogen and oxygen atoms in total. The number of ether oxygens (including phenoxy) is 2. The number of carbonyl (C=O) groups excluding carboxylic acids is 2. The molecule has 3 aromatic rings. The van der Waals surface area contributed by atoms with Crippen LogP contribution in [0.25, 0.3) is 11.1 Å². The molecule has 0 unspecified atom stereocenters. The highest BCUT2D eigenvalue weighted by molar-refractivity contribution is 7.17. The fraction of sp³-hybridized carbons (Fsp3) is 0.250. The number of methoxy groups -OCH3 is 2. The third-order valence-corrected chi connectivity index (χ3v) is 6.07. The van der Waals surface area contributed by atoms with Gasteiger partial charge in [0.2, 0.25) is 5.91 Å². The minimum Gasteiger partial charge on any atom is -0.497 e. The lowest BCUT2D eigenvalue weighted by Gasteiger charge is -2.10. The summed E-state index contributed by atoms with van der Waals surface area (Å²) in [5.74, 6) is 0.0737. The number of amides is 1. The third kappa shape index (κ3) is 4.54. The zero-order chi connectivity index (χ0) is 21.8. The average molecular weight is 424 g/mol. The van der Waals surface area contributed by atoms with Crippen molar-refractivity contribution in [3.05, 3.63) is 69.6 Å². The zero-order valence-corrected chi connectivity index (χ0v) is 18.6. The molecule has 0 saturated carbocycles. The summed E-state index contributed by atoms with van der Waals surface area (Å²) < 4.78 is 10.2. The normalized spacial score (nSPS) is 10.6. The van der Waals surface area contributed by atoms with Crippen LogP contribution < -0.4 is 10.1 Å². The van der Waals surface area contributed by atoms with E-state index in [0.29, 0.717) is 10.6 Å². The number of anilines is 1. The second-order valence-corrected chi connectivity index (χ2v) is 8.33. The Labute approximate surface area is 180 Å². The summed E-state index contributed by atoms with van der Waals surface area (Å²) in [6.07, 6.45) is 0.195. The molecule has 1 amide bonds. The lowest BCUT2D eigenvalue weighted by atomic mass is 9.97. The molecule has 0 aliphatic carbocycles. The first kappa shape index (κ1) is 21.6. The van der Waals surface area contributed by atoms with E-state index < -0.39 is 5.97 Å². The van der Waals surface area contributed by atoms with Crippen LogP contribution >= 0.6 is 11.3 Å². The van der Waals surface area contributed by atoms with E-state index in [-0.39, 0.29) is 12.3 Å². The molecule has 0 fully saturated rings. The highest BCUT2D eigenvalue weighted by Crippen LogP contribution is 2.40. The summed E-state index contributed by atoms with van der Waals surface area (Å²) in [5, 5.41) is 3.41. The van der Waals surface area contributed by atoms with E-state index in [1.165, 1.54) is 24.0 Å². The summed E-state index contributed by atoms with van der Waals surface area (Å²) in [5.41, 5.74) is 5.30. The molecule has 3 rings (SSSR count). The van der Waals surface area contributed by atoms with Crippen LogP contribution in [0.2, 0.25) is 0 Å². The number of rotatable bonds is 6. The molecule has 0 bridgehead atoms. The van der Waals surface area contributed by atoms with E-state index in [1.54, 1.807) is 7.11 Å². The lowest BCUT2D eigenvalue weighted by molar-refractivity contribution is -0.115. The van der Waals surface area contributed by atoms with Gasteiger partial charge in [-0.2, -0.15) is 0 Å². The second kappa shape index (κ2) is 9.13. The molecular formula is C24H25NO4S. The highest BCUT2D eigenvalue weighted by atomic mass is 32.1. The Kier molecular flexibility index (Phi) is 6.57. The van der Waals surface area contributed by atoms with Crippen molar-refractivity contribution in [2.45, 2.75) is 27.2 Å². The van der Waals surface area contributed by atoms with Gasteiger partial charge < -0.3 is 14.8 Å². The van der Waals surface area contributed by atoms with Crippen molar-refractivity contribution in [2.24, 2.45) is 0 Å². The molecule has 2 aromatic carbocycles. The Morgan fingerprint density at radius 3 is 2.27 bits per heavy atom. The molecule has 0 atom stereocenters. The van der Waals surface area contributed by atoms with Gasteiger partial charge in [-0.05, 0) is 55.2 Å². The van der Waals surface area contributed by atoms with Gasteiger partial charge in [0.05, 0.1) is 20.6 Å². The largest absolute Gasteiger partial charge is 0.497 e. The van der Waals surface area contributed by atoms with Crippen molar-refractivity contribution >= 4 is 28.2 Å². The van der Waals surface area contributed by atoms with Gasteiger partial charge in [-0.25, -0.2) is 4.79 Å². The van der Waals surface area contributed by atoms with Crippen molar-refractivity contribution in [3.8, 4) is 16.9 Å². The van der Waals surface area contributed by atoms with Crippen LogP contribution in [-0.2, 0) is 16.0 Å². The van der Waals surface area contributed by atoms with Crippen LogP contribution in [0.15, 0.2) is 42.5 Å². The number of aryl methyl sites for hydroxylation is 3. The number of thiophene rings is 1. The van der Waals surface area contributed by atoms with Gasteiger partial charge in [0, 0.05) is 10.4 Å². The van der Waals surface area contributed by atoms with E-state index in [0.717, 1.165) is 32.9 Å². The Balaban J connectivity index is 1.93. The minimum absolute atomic E-state index is 0.195. The van der Waals surface area contributed by atoms with Crippen molar-refractivity contribution in [1.82, 2.24) is 0 Å². The van der Waals surface area contributed by atoms with E-state index in [4.69, 9.17) is 9.47 Å². The summed E-state index contributed by atoms with van der Waals surface area (Å²) in [4.78, 5) is 26.2. The van der Waals surface area contributed by atoms with E-state index in [2.05, 4.69) is 11.4 Å². The quantitative estimate of drug-likeness (QED) is 0.545. The fourth-order valence-electron chi connectivity index (χ4n) is 3.27. The molecule has 156 valence electrons. The maximum atomic E-state index is 12.7. The van der Waals surface area contributed by atoms with Crippen LogP contribution in [0.5, 0.6) is 5.75 Å². The molecular weight excluding hydrogens is 398 g/mol. The molecule has 1 N–H and O–H groups in total. The van der Waals surface area contributed by atoms with E-state index >= 15 is 0 Å². The number of carbonyl (C=O) groups is 2. The van der Waals surface area contributed by atoms with Gasteiger partial charge in [0.15, 0.2) is 0 Å². The first-order valence-corrected chi connectivity index (χ1v) is 10.4. The average Bonchev–Trinajstić information content (AvgIpc) is 3.05. The van der Waals surface area contributed by atoms with Crippen molar-refractivity contribution < 1.29 is 19.1 Å². The Morgan fingerprint density at radius 1 is 0.967 bits per heavy atom. The molecule has 0 aliphatic heterocycles. The van der Waals surface area contributed by atoms with Crippen molar-refractivity contribution in [3.63, 3.8) is 0 Å². The maximum absolute atomic E-state index is 12.7. The number of nitrogens with one attached hydrogen (secondary N) is 1. The lowest BCUT2D eigenvalue weighted by Crippen LogP contribution is -2.16. The fourth-order valence-corrected chi connectivity index (χ4v) is 4.35. The number of hydrogen-bond acceptors (Lipinski definition) is 5. The summed E-state index contributed by atoms with van der Waals surface area (Å²) in [6.45, 7) is 6.03. The van der Waals surface area contributed by atoms with Gasteiger partial charge in [0.25, 0.3) is 0 Å². The van der Waals surface area contributed by atoms with E-state index in [1.807, 2.05) is 57.2 Å². The second-order valence-electron chi connectivity index (χ2n) is 7.10. The van der Waals surface area contributed by atoms with Crippen LogP contribution in [0.3, 0.4) is 0 Å². The van der Waals surface area contributed by atoms with Crippen LogP contribution in [0.4, 0.5) is 5.00 Å². The Morgan fingerprint density at radius 2 is 1.67 bits per heavy atom. The number of benzene rings is 2. The third-order valence-electron chi connectivity index (χ3n) is 5.05. The van der Waals surface area contributed by atoms with Crippen molar-refractivity contribution in [1.29, 1.82) is 0 Å². The first-order valence-electron chi connectivity index (χ1n) is 9.56. The maximum Gasteiger partial charge on any atom is 0.341 e. The molecule has 1 aromatic heterocycles. The Bertz CT molecular complexity index is 1080. The van der Waals surface area contributed by atoms with Gasteiger partial charge in [-0.15, -0.1) is 11.3 Å². The summed E-state index contributed by atoms with van der Waals surface area (Å²) in [7, 11) is 2.95. The smallest absolute Gasteiger partial charge is 0.341 e. The molecule has 0 saturated heterocycles. The summed E-state index contributed by atoms with van der Waals surface area (Å²) in [6, 6.07) is 13.4. The Hall–Kier alpha value is -3.12. The monoisotopic (exact) mass is 423 g/mol. The van der Waals surface area contributed by atoms with E-state index in [9.17, 15) is 9.59 Å². The zero-order valence-electron chi connectivity index (χ0n) is 17.8. The molecule has 0 aliphatic rings. The van der Waals surface area contributed by atoms with Gasteiger partial charge in [-0.3, -0.25) is 4.79 Å². The molecule has 0 radical (unpaired) electrons. The molecule has 0 spiro atoms. The molecule has 1 heterocycles. The molecule has 30 heavy (non-hydrogen) atoms. The SMILES string of the molecule is COC(=O)c1c(NC(=O)Cc2ccc(OC)cc2)sc(C)c1-c1ccc(C)c(C)c1. The number of esters is 1. The van der Waals surface area contributed by atoms with Crippen LogP contribution in [0.1, 0.15) is 31.9 Å². The van der Waals surface area contributed by atoms with Crippen molar-refractivity contribution in [2.75, 3.05) is 19.5 Å². The standard InChI is InChI=1S/C24H25NO4S/c1-14-6-9-18(12-15(14)2)21-16(3)30-23(22(21)24(27)29-5)25-20(26)13-17-7-10-19(28-4)11-8-17/h6-12H,13H2,1-5H3,(H,25,26). The van der Waals surface area contributed by atoms with Gasteiger partial charge >= 0.3 is 5.97 Å². The molecule has 6 heteroatoms. The highest BCUT2D eigenvalue weighted by Gasteiger charge is 2.25. The van der Waals surface area contributed by atoms with Gasteiger partial charge in [0.1, 0.15) is 16.3 Å². The first-order chi connectivity index (χ1) is 14.3. The topological polar surface area (TPSA) is 64.6 Å². The predicted molar refractivity (Wildman–Crippen MR) is 121 cm³/mol. The number of hydrogen-bond donors (Lipinski definition) is 1. The predicted octanol–water partition coefficient (Wildman–Crippen LogP) is 5.32.